The monoisotopic (exact) mass is 438 g/mol. The van der Waals surface area contributed by atoms with Gasteiger partial charge in [0.25, 0.3) is 0 Å². The largest absolute Gasteiger partial charge is 0.357 e. The molecule has 4 amide bonds. The van der Waals surface area contributed by atoms with E-state index in [1.54, 1.807) is 7.05 Å². The fourth-order valence-corrected chi connectivity index (χ4v) is 3.48. The lowest BCUT2D eigenvalue weighted by Gasteiger charge is -2.24. The average molecular weight is 439 g/mol. The van der Waals surface area contributed by atoms with Gasteiger partial charge in [-0.15, -0.1) is 0 Å². The zero-order chi connectivity index (χ0) is 23.5. The first kappa shape index (κ1) is 24.9. The number of hydrogen-bond acceptors (Lipinski definition) is 3. The number of nitrogens with one attached hydrogen (secondary N) is 4. The highest BCUT2D eigenvalue weighted by Crippen LogP contribution is 2.15. The zero-order valence-corrected chi connectivity index (χ0v) is 19.3. The summed E-state index contributed by atoms with van der Waals surface area (Å²) in [6.07, 6.45) is 1.57. The lowest BCUT2D eigenvalue weighted by Crippen LogP contribution is -2.55. The van der Waals surface area contributed by atoms with Crippen LogP contribution in [0.5, 0.6) is 0 Å². The third-order valence-electron chi connectivity index (χ3n) is 5.14. The Morgan fingerprint density at radius 1 is 0.844 bits per heavy atom. The van der Waals surface area contributed by atoms with Gasteiger partial charge in [-0.2, -0.15) is 0 Å². The Hall–Kier alpha value is -3.35. The Labute approximate surface area is 190 Å². The van der Waals surface area contributed by atoms with Crippen LogP contribution >= 0.6 is 0 Å². The summed E-state index contributed by atoms with van der Waals surface area (Å²) >= 11 is 0. The predicted octanol–water partition coefficient (Wildman–Crippen LogP) is 3.26. The predicted molar refractivity (Wildman–Crippen MR) is 127 cm³/mol. The normalized spacial score (nSPS) is 12.5. The van der Waals surface area contributed by atoms with Gasteiger partial charge in [-0.1, -0.05) is 69.3 Å². The van der Waals surface area contributed by atoms with Crippen LogP contribution in [-0.2, 0) is 22.4 Å². The fraction of sp³-hybridized carbons (Fsp3) is 0.400. The number of aryl methyl sites for hydroxylation is 1. The molecule has 2 aromatic carbocycles. The first-order chi connectivity index (χ1) is 15.3. The number of carbonyl (C=O) groups excluding carboxylic acids is 3. The van der Waals surface area contributed by atoms with E-state index in [0.717, 1.165) is 17.5 Å². The molecule has 32 heavy (non-hydrogen) atoms. The molecule has 172 valence electrons. The van der Waals surface area contributed by atoms with Gasteiger partial charge < -0.3 is 21.3 Å². The van der Waals surface area contributed by atoms with E-state index in [2.05, 4.69) is 21.3 Å². The molecule has 0 fully saturated rings. The van der Waals surface area contributed by atoms with Crippen LogP contribution in [0.2, 0.25) is 0 Å². The van der Waals surface area contributed by atoms with Gasteiger partial charge in [0, 0.05) is 19.2 Å². The zero-order valence-electron chi connectivity index (χ0n) is 19.3. The molecule has 0 saturated heterocycles. The van der Waals surface area contributed by atoms with Crippen molar-refractivity contribution < 1.29 is 14.4 Å². The van der Waals surface area contributed by atoms with Crippen LogP contribution in [0.25, 0.3) is 0 Å². The van der Waals surface area contributed by atoms with Crippen molar-refractivity contribution in [3.63, 3.8) is 0 Å². The minimum atomic E-state index is -0.842. The van der Waals surface area contributed by atoms with Gasteiger partial charge in [0.1, 0.15) is 12.1 Å². The number of anilines is 1. The van der Waals surface area contributed by atoms with Crippen molar-refractivity contribution in [3.05, 3.63) is 65.7 Å². The molecule has 0 aliphatic carbocycles. The highest BCUT2D eigenvalue weighted by Gasteiger charge is 2.27. The molecule has 0 saturated carbocycles. The van der Waals surface area contributed by atoms with E-state index >= 15 is 0 Å². The van der Waals surface area contributed by atoms with Crippen molar-refractivity contribution in [2.75, 3.05) is 12.4 Å². The van der Waals surface area contributed by atoms with Crippen LogP contribution in [0.3, 0.4) is 0 Å². The summed E-state index contributed by atoms with van der Waals surface area (Å²) in [6, 6.07) is 15.0. The van der Waals surface area contributed by atoms with Crippen LogP contribution < -0.4 is 21.3 Å². The van der Waals surface area contributed by atoms with Crippen molar-refractivity contribution in [3.8, 4) is 0 Å². The minimum absolute atomic E-state index is 0.215. The number of hydrogen-bond donors (Lipinski definition) is 4. The maximum absolute atomic E-state index is 13.1. The smallest absolute Gasteiger partial charge is 0.319 e. The molecule has 0 heterocycles. The molecule has 0 aliphatic rings. The summed E-state index contributed by atoms with van der Waals surface area (Å²) in [4.78, 5) is 38.2. The lowest BCUT2D eigenvalue weighted by atomic mass is 10.0. The Balaban J connectivity index is 2.18. The van der Waals surface area contributed by atoms with Crippen LogP contribution in [0.15, 0.2) is 54.6 Å². The van der Waals surface area contributed by atoms with E-state index in [-0.39, 0.29) is 11.8 Å². The molecule has 7 heteroatoms. The second-order valence-electron chi connectivity index (χ2n) is 8.16. The fourth-order valence-electron chi connectivity index (χ4n) is 3.48. The third-order valence-corrected chi connectivity index (χ3v) is 5.14. The quantitative estimate of drug-likeness (QED) is 0.458. The maximum Gasteiger partial charge on any atom is 0.319 e. The molecule has 4 N–H and O–H groups in total. The van der Waals surface area contributed by atoms with Gasteiger partial charge in [-0.3, -0.25) is 9.59 Å². The number of urea groups is 1. The summed E-state index contributed by atoms with van der Waals surface area (Å²) in [5.41, 5.74) is 2.61. The van der Waals surface area contributed by atoms with Crippen LogP contribution in [0.1, 0.15) is 38.3 Å². The molecule has 0 radical (unpaired) electrons. The van der Waals surface area contributed by atoms with Crippen molar-refractivity contribution in [2.45, 2.75) is 52.1 Å². The summed E-state index contributed by atoms with van der Waals surface area (Å²) in [5, 5.41) is 11.0. The molecule has 0 aromatic heterocycles. The van der Waals surface area contributed by atoms with Gasteiger partial charge in [0.15, 0.2) is 0 Å². The van der Waals surface area contributed by atoms with Gasteiger partial charge in [-0.05, 0) is 36.0 Å². The van der Waals surface area contributed by atoms with Crippen molar-refractivity contribution in [1.82, 2.24) is 16.0 Å². The Morgan fingerprint density at radius 3 is 2.12 bits per heavy atom. The molecule has 0 aliphatic heterocycles. The molecule has 0 bridgehead atoms. The number of para-hydroxylation sites is 1. The minimum Gasteiger partial charge on any atom is -0.357 e. The highest BCUT2D eigenvalue weighted by atomic mass is 16.2. The first-order valence-electron chi connectivity index (χ1n) is 11.0. The van der Waals surface area contributed by atoms with Crippen LogP contribution in [0.4, 0.5) is 10.5 Å². The number of likely N-dealkylation sites (N-methyl/N-ethyl adjacent to an activating group) is 1. The Kier molecular flexibility index (Phi) is 9.73. The van der Waals surface area contributed by atoms with Crippen molar-refractivity contribution in [2.24, 2.45) is 5.92 Å². The summed E-state index contributed by atoms with van der Waals surface area (Å²) in [7, 11) is 1.54. The number of amides is 4. The van der Waals surface area contributed by atoms with Gasteiger partial charge >= 0.3 is 6.03 Å². The van der Waals surface area contributed by atoms with Gasteiger partial charge in [-0.25, -0.2) is 4.79 Å². The molecule has 2 rings (SSSR count). The van der Waals surface area contributed by atoms with E-state index in [1.807, 2.05) is 75.4 Å². The van der Waals surface area contributed by atoms with E-state index < -0.39 is 24.0 Å². The van der Waals surface area contributed by atoms with Gasteiger partial charge in [0.05, 0.1) is 0 Å². The van der Waals surface area contributed by atoms with E-state index in [0.29, 0.717) is 18.5 Å². The highest BCUT2D eigenvalue weighted by molar-refractivity contribution is 5.95. The Bertz CT molecular complexity index is 899. The summed E-state index contributed by atoms with van der Waals surface area (Å²) < 4.78 is 0. The maximum atomic E-state index is 13.1. The summed E-state index contributed by atoms with van der Waals surface area (Å²) in [5.74, 6) is -0.444. The molecule has 7 nitrogen and oxygen atoms in total. The van der Waals surface area contributed by atoms with E-state index in [1.165, 1.54) is 0 Å². The van der Waals surface area contributed by atoms with E-state index in [4.69, 9.17) is 0 Å². The second kappa shape index (κ2) is 12.5. The molecule has 2 unspecified atom stereocenters. The SMILES string of the molecule is CCc1ccccc1NC(=O)NC(Cc1ccccc1)C(=O)NC(CC(C)C)C(=O)NC. The topological polar surface area (TPSA) is 99.3 Å². The first-order valence-corrected chi connectivity index (χ1v) is 11.0. The average Bonchev–Trinajstić information content (AvgIpc) is 2.78. The molecular formula is C25H34N4O3. The number of benzene rings is 2. The van der Waals surface area contributed by atoms with Crippen LogP contribution in [-0.4, -0.2) is 37.0 Å². The lowest BCUT2D eigenvalue weighted by molar-refractivity contribution is -0.130. The number of rotatable bonds is 10. The molecule has 2 atom stereocenters. The standard InChI is InChI=1S/C25H34N4O3/c1-5-19-13-9-10-14-20(19)28-25(32)29-22(16-18-11-7-6-8-12-18)24(31)27-21(15-17(2)3)23(30)26-4/h6-14,17,21-22H,5,15-16H2,1-4H3,(H,26,30)(H,27,31)(H2,28,29,32). The van der Waals surface area contributed by atoms with Gasteiger partial charge in [0.2, 0.25) is 11.8 Å². The van der Waals surface area contributed by atoms with Crippen molar-refractivity contribution >= 4 is 23.5 Å². The second-order valence-corrected chi connectivity index (χ2v) is 8.16. The molecule has 2 aromatic rings. The Morgan fingerprint density at radius 2 is 1.50 bits per heavy atom. The molecule has 0 spiro atoms. The van der Waals surface area contributed by atoms with E-state index in [9.17, 15) is 14.4 Å². The third kappa shape index (κ3) is 7.72. The van der Waals surface area contributed by atoms with Crippen molar-refractivity contribution in [1.29, 1.82) is 0 Å². The molecular weight excluding hydrogens is 404 g/mol. The summed E-state index contributed by atoms with van der Waals surface area (Å²) in [6.45, 7) is 5.98. The van der Waals surface area contributed by atoms with Crippen LogP contribution in [0, 0.1) is 5.92 Å². The number of carbonyl (C=O) groups is 3.